The standard InChI is InChI=1S/C23H39F7O2/c24-21(25,22(26,27)23(28,29)30)16-11-8-6-4-2-1-3-5-7-9-12-17-31-19-15-20-14-10-13-18-32-20/h20H,1-19H2. The van der Waals surface area contributed by atoms with Crippen molar-refractivity contribution in [2.45, 2.75) is 127 Å². The summed E-state index contributed by atoms with van der Waals surface area (Å²) in [5.74, 6) is -11.0. The van der Waals surface area contributed by atoms with Gasteiger partial charge < -0.3 is 9.47 Å². The predicted octanol–water partition coefficient (Wildman–Crippen LogP) is 8.48. The van der Waals surface area contributed by atoms with Gasteiger partial charge in [0.2, 0.25) is 0 Å². The van der Waals surface area contributed by atoms with Crippen molar-refractivity contribution < 1.29 is 40.2 Å². The Morgan fingerprint density at radius 3 is 1.69 bits per heavy atom. The van der Waals surface area contributed by atoms with Gasteiger partial charge in [-0.2, -0.15) is 30.7 Å². The first kappa shape index (κ1) is 29.5. The molecule has 2 nitrogen and oxygen atoms in total. The van der Waals surface area contributed by atoms with Gasteiger partial charge >= 0.3 is 18.0 Å². The molecule has 0 saturated carbocycles. The number of alkyl halides is 7. The van der Waals surface area contributed by atoms with Crippen LogP contribution in [0.25, 0.3) is 0 Å². The fourth-order valence-corrected chi connectivity index (χ4v) is 3.86. The molecule has 0 aromatic rings. The lowest BCUT2D eigenvalue weighted by molar-refractivity contribution is -0.355. The van der Waals surface area contributed by atoms with Gasteiger partial charge in [0.1, 0.15) is 0 Å². The largest absolute Gasteiger partial charge is 0.459 e. The predicted molar refractivity (Wildman–Crippen MR) is 110 cm³/mol. The second kappa shape index (κ2) is 15.4. The molecule has 0 N–H and O–H groups in total. The molecule has 1 unspecified atom stereocenters. The van der Waals surface area contributed by atoms with Gasteiger partial charge in [-0.3, -0.25) is 0 Å². The van der Waals surface area contributed by atoms with Gasteiger partial charge in [0.05, 0.1) is 6.10 Å². The van der Waals surface area contributed by atoms with E-state index in [4.69, 9.17) is 9.47 Å². The maximum absolute atomic E-state index is 13.2. The molecule has 1 heterocycles. The molecular formula is C23H39F7O2. The normalized spacial score (nSPS) is 18.3. The first-order valence-corrected chi connectivity index (χ1v) is 12.1. The Hall–Kier alpha value is -0.570. The molecule has 1 aliphatic heterocycles. The van der Waals surface area contributed by atoms with Gasteiger partial charge in [-0.15, -0.1) is 0 Å². The van der Waals surface area contributed by atoms with Crippen molar-refractivity contribution in [3.05, 3.63) is 0 Å². The van der Waals surface area contributed by atoms with Crippen LogP contribution in [0.2, 0.25) is 0 Å². The number of hydrogen-bond acceptors (Lipinski definition) is 2. The van der Waals surface area contributed by atoms with Crippen LogP contribution in [0, 0.1) is 0 Å². The van der Waals surface area contributed by atoms with Gasteiger partial charge in [-0.05, 0) is 38.5 Å². The van der Waals surface area contributed by atoms with Gasteiger partial charge in [0.15, 0.2) is 0 Å². The third-order valence-corrected chi connectivity index (χ3v) is 5.95. The number of halogens is 7. The molecule has 1 saturated heterocycles. The van der Waals surface area contributed by atoms with E-state index in [0.717, 1.165) is 90.4 Å². The Kier molecular flexibility index (Phi) is 14.1. The molecule has 0 aromatic heterocycles. The Balaban J connectivity index is 1.84. The van der Waals surface area contributed by atoms with Gasteiger partial charge in [0, 0.05) is 26.2 Å². The maximum atomic E-state index is 13.2. The molecule has 0 radical (unpaired) electrons. The average molecular weight is 481 g/mol. The summed E-state index contributed by atoms with van der Waals surface area (Å²) in [4.78, 5) is 0. The van der Waals surface area contributed by atoms with Crippen LogP contribution in [-0.2, 0) is 9.47 Å². The molecule has 0 spiro atoms. The zero-order valence-electron chi connectivity index (χ0n) is 19.0. The zero-order valence-corrected chi connectivity index (χ0v) is 19.0. The Bertz CT molecular complexity index is 464. The van der Waals surface area contributed by atoms with Crippen molar-refractivity contribution in [2.24, 2.45) is 0 Å². The monoisotopic (exact) mass is 480 g/mol. The maximum Gasteiger partial charge on any atom is 0.459 e. The fraction of sp³-hybridized carbons (Fsp3) is 1.00. The third kappa shape index (κ3) is 11.5. The summed E-state index contributed by atoms with van der Waals surface area (Å²) in [7, 11) is 0. The van der Waals surface area contributed by atoms with Crippen molar-refractivity contribution in [1.82, 2.24) is 0 Å². The fourth-order valence-electron chi connectivity index (χ4n) is 3.86. The molecule has 32 heavy (non-hydrogen) atoms. The first-order chi connectivity index (χ1) is 15.1. The second-order valence-corrected chi connectivity index (χ2v) is 8.81. The Labute approximate surface area is 187 Å². The Morgan fingerprint density at radius 2 is 1.19 bits per heavy atom. The molecule has 1 rings (SSSR count). The van der Waals surface area contributed by atoms with Crippen molar-refractivity contribution in [3.8, 4) is 0 Å². The van der Waals surface area contributed by atoms with E-state index < -0.39 is 24.4 Å². The highest BCUT2D eigenvalue weighted by molar-refractivity contribution is 4.90. The lowest BCUT2D eigenvalue weighted by atomic mass is 10.0. The van der Waals surface area contributed by atoms with Crippen LogP contribution >= 0.6 is 0 Å². The van der Waals surface area contributed by atoms with E-state index in [9.17, 15) is 30.7 Å². The van der Waals surface area contributed by atoms with E-state index in [1.165, 1.54) is 6.42 Å². The van der Waals surface area contributed by atoms with Gasteiger partial charge in [0.25, 0.3) is 0 Å². The lowest BCUT2D eigenvalue weighted by Gasteiger charge is -2.28. The van der Waals surface area contributed by atoms with E-state index in [1.54, 1.807) is 0 Å². The molecule has 1 atom stereocenters. The summed E-state index contributed by atoms with van der Waals surface area (Å²) < 4.78 is 99.3. The van der Waals surface area contributed by atoms with Crippen LogP contribution < -0.4 is 0 Å². The molecule has 9 heteroatoms. The molecule has 1 fully saturated rings. The third-order valence-electron chi connectivity index (χ3n) is 5.95. The number of unbranched alkanes of at least 4 members (excludes halogenated alkanes) is 10. The van der Waals surface area contributed by atoms with Crippen molar-refractivity contribution in [2.75, 3.05) is 19.8 Å². The highest BCUT2D eigenvalue weighted by Crippen LogP contribution is 2.48. The smallest absolute Gasteiger partial charge is 0.381 e. The van der Waals surface area contributed by atoms with Crippen LogP contribution in [0.4, 0.5) is 30.7 Å². The Morgan fingerprint density at radius 1 is 0.656 bits per heavy atom. The zero-order chi connectivity index (χ0) is 23.9. The lowest BCUT2D eigenvalue weighted by Crippen LogP contribution is -2.51. The van der Waals surface area contributed by atoms with Gasteiger partial charge in [-0.1, -0.05) is 57.8 Å². The topological polar surface area (TPSA) is 18.5 Å². The highest BCUT2D eigenvalue weighted by Gasteiger charge is 2.72. The number of rotatable bonds is 18. The minimum absolute atomic E-state index is 0.233. The van der Waals surface area contributed by atoms with Crippen LogP contribution in [-0.4, -0.2) is 43.9 Å². The quantitative estimate of drug-likeness (QED) is 0.145. The van der Waals surface area contributed by atoms with E-state index >= 15 is 0 Å². The minimum Gasteiger partial charge on any atom is -0.381 e. The summed E-state index contributed by atoms with van der Waals surface area (Å²) in [6.45, 7) is 2.41. The number of hydrogen-bond donors (Lipinski definition) is 0. The van der Waals surface area contributed by atoms with Crippen LogP contribution in [0.5, 0.6) is 0 Å². The van der Waals surface area contributed by atoms with E-state index in [-0.39, 0.29) is 12.8 Å². The summed E-state index contributed by atoms with van der Waals surface area (Å²) in [6, 6.07) is 0. The molecular weight excluding hydrogens is 441 g/mol. The molecule has 0 aromatic carbocycles. The van der Waals surface area contributed by atoms with E-state index in [1.807, 2.05) is 0 Å². The van der Waals surface area contributed by atoms with Crippen molar-refractivity contribution in [1.29, 1.82) is 0 Å². The molecule has 0 amide bonds. The molecule has 192 valence electrons. The van der Waals surface area contributed by atoms with Crippen LogP contribution in [0.3, 0.4) is 0 Å². The molecule has 1 aliphatic rings. The summed E-state index contributed by atoms with van der Waals surface area (Å²) >= 11 is 0. The second-order valence-electron chi connectivity index (χ2n) is 8.81. The molecule has 0 aliphatic carbocycles. The number of ether oxygens (including phenoxy) is 2. The molecule has 0 bridgehead atoms. The van der Waals surface area contributed by atoms with E-state index in [2.05, 4.69) is 0 Å². The highest BCUT2D eigenvalue weighted by atomic mass is 19.4. The van der Waals surface area contributed by atoms with Crippen molar-refractivity contribution >= 4 is 0 Å². The minimum atomic E-state index is -6.23. The van der Waals surface area contributed by atoms with Crippen LogP contribution in [0.1, 0.15) is 103 Å². The average Bonchev–Trinajstić information content (AvgIpc) is 2.73. The van der Waals surface area contributed by atoms with Crippen LogP contribution in [0.15, 0.2) is 0 Å². The van der Waals surface area contributed by atoms with E-state index in [0.29, 0.717) is 12.5 Å². The van der Waals surface area contributed by atoms with Crippen molar-refractivity contribution in [3.63, 3.8) is 0 Å². The first-order valence-electron chi connectivity index (χ1n) is 12.1. The summed E-state index contributed by atoms with van der Waals surface area (Å²) in [6.07, 6.45) is 5.88. The SMILES string of the molecule is FC(F)(F)C(F)(F)C(F)(F)CCCCCCCCCCCCCOCCC1CCCCO1. The summed E-state index contributed by atoms with van der Waals surface area (Å²) in [5, 5.41) is 0. The van der Waals surface area contributed by atoms with Gasteiger partial charge in [-0.25, -0.2) is 0 Å². The summed E-state index contributed by atoms with van der Waals surface area (Å²) in [5.41, 5.74) is 0.